The van der Waals surface area contributed by atoms with E-state index >= 15 is 0 Å². The minimum Gasteiger partial charge on any atom is -0.382 e. The number of nitrogens with zero attached hydrogens (tertiary/aromatic N) is 1. The van der Waals surface area contributed by atoms with Gasteiger partial charge in [0.1, 0.15) is 12.1 Å². The van der Waals surface area contributed by atoms with Crippen LogP contribution in [0.1, 0.15) is 98.8 Å². The van der Waals surface area contributed by atoms with Gasteiger partial charge >= 0.3 is 0 Å². The van der Waals surface area contributed by atoms with Crippen LogP contribution >= 0.6 is 0 Å². The highest BCUT2D eigenvalue weighted by molar-refractivity contribution is 6.01. The number of imide groups is 1. The fraction of sp³-hybridized carbons (Fsp3) is 0.844. The molecule has 0 aromatic carbocycles. The molecule has 0 aliphatic carbocycles. The zero-order valence-corrected chi connectivity index (χ0v) is 40.0. The van der Waals surface area contributed by atoms with Crippen molar-refractivity contribution in [3.8, 4) is 0 Å². The van der Waals surface area contributed by atoms with Gasteiger partial charge in [0.25, 0.3) is 0 Å². The van der Waals surface area contributed by atoms with Crippen LogP contribution in [0.25, 0.3) is 0 Å². The normalized spacial score (nSPS) is 14.2. The number of amides is 6. The molecule has 1 aliphatic rings. The maximum atomic E-state index is 13.6. The Morgan fingerprint density at radius 1 is 0.538 bits per heavy atom. The summed E-state index contributed by atoms with van der Waals surface area (Å²) in [6, 6.07) is -2.63. The number of nitrogens with one attached hydrogen (secondary N) is 4. The summed E-state index contributed by atoms with van der Waals surface area (Å²) in [6.07, 6.45) is 3.71. The number of methoxy groups -OCH3 is 1. The second-order valence-corrected chi connectivity index (χ2v) is 16.3. The summed E-state index contributed by atoms with van der Waals surface area (Å²) in [5.74, 6) is -2.63. The number of carbonyl (C=O) groups is 7. The second kappa shape index (κ2) is 38.5. The number of rotatable bonds is 43. The molecule has 0 aromatic rings. The molecule has 1 fully saturated rings. The Labute approximate surface area is 386 Å². The molecule has 1 aliphatic heterocycles. The van der Waals surface area contributed by atoms with Crippen LogP contribution in [0.3, 0.4) is 0 Å². The first-order valence-electron chi connectivity index (χ1n) is 23.3. The molecule has 1 rings (SSSR count). The Kier molecular flexibility index (Phi) is 35.2. The lowest BCUT2D eigenvalue weighted by molar-refractivity contribution is -0.138. The van der Waals surface area contributed by atoms with Crippen LogP contribution in [0.15, 0.2) is 0 Å². The highest BCUT2D eigenvalue weighted by atomic mass is 16.6. The third-order valence-electron chi connectivity index (χ3n) is 10.1. The van der Waals surface area contributed by atoms with Gasteiger partial charge in [0, 0.05) is 51.8 Å². The SMILES string of the molecule is COCCOCCOCCOCCOCCOCCOCCOCCC(=O)NCCCC[C@H](NC(=O)CCCCCN1C(=O)CCC1=O)C(=O)N[C@H](C(=O)N[C@@H](C)C(=O)C(C)C)C(C)C. The van der Waals surface area contributed by atoms with Crippen LogP contribution in [0.2, 0.25) is 0 Å². The van der Waals surface area contributed by atoms with Crippen LogP contribution in [0, 0.1) is 11.8 Å². The Hall–Kier alpha value is -3.63. The van der Waals surface area contributed by atoms with E-state index in [1.165, 1.54) is 4.90 Å². The predicted octanol–water partition coefficient (Wildman–Crippen LogP) is 1.49. The van der Waals surface area contributed by atoms with E-state index in [1.54, 1.807) is 41.7 Å². The largest absolute Gasteiger partial charge is 0.382 e. The van der Waals surface area contributed by atoms with Gasteiger partial charge in [-0.3, -0.25) is 38.5 Å². The smallest absolute Gasteiger partial charge is 0.243 e. The average molecular weight is 932 g/mol. The van der Waals surface area contributed by atoms with E-state index in [9.17, 15) is 33.6 Å². The number of hydrogen-bond donors (Lipinski definition) is 4. The van der Waals surface area contributed by atoms with Crippen LogP contribution in [0.5, 0.6) is 0 Å². The molecule has 0 radical (unpaired) electrons. The maximum Gasteiger partial charge on any atom is 0.243 e. The van der Waals surface area contributed by atoms with Crippen molar-refractivity contribution in [2.24, 2.45) is 11.8 Å². The van der Waals surface area contributed by atoms with Crippen molar-refractivity contribution in [2.75, 3.05) is 119 Å². The van der Waals surface area contributed by atoms with Crippen LogP contribution in [0.4, 0.5) is 0 Å². The van der Waals surface area contributed by atoms with E-state index in [-0.39, 0.29) is 80.0 Å². The summed E-state index contributed by atoms with van der Waals surface area (Å²) in [5, 5.41) is 11.1. The fourth-order valence-electron chi connectivity index (χ4n) is 6.32. The number of Topliss-reactive ketones (excluding diaryl/α,β-unsaturated/α-hetero) is 1. The van der Waals surface area contributed by atoms with Gasteiger partial charge in [-0.15, -0.1) is 0 Å². The number of carbonyl (C=O) groups excluding carboxylic acids is 7. The molecule has 6 amide bonds. The van der Waals surface area contributed by atoms with Gasteiger partial charge in [-0.2, -0.15) is 0 Å². The summed E-state index contributed by atoms with van der Waals surface area (Å²) >= 11 is 0. The molecule has 0 aromatic heterocycles. The third-order valence-corrected chi connectivity index (χ3v) is 10.1. The molecular weight excluding hydrogens is 851 g/mol. The van der Waals surface area contributed by atoms with Gasteiger partial charge in [-0.05, 0) is 44.9 Å². The molecule has 65 heavy (non-hydrogen) atoms. The zero-order valence-electron chi connectivity index (χ0n) is 40.0. The first-order valence-corrected chi connectivity index (χ1v) is 23.3. The van der Waals surface area contributed by atoms with Gasteiger partial charge in [0.05, 0.1) is 105 Å². The van der Waals surface area contributed by atoms with Crippen LogP contribution in [-0.2, 0) is 71.5 Å². The molecule has 0 unspecified atom stereocenters. The molecule has 0 spiro atoms. The van der Waals surface area contributed by atoms with E-state index in [2.05, 4.69) is 21.3 Å². The maximum absolute atomic E-state index is 13.6. The zero-order chi connectivity index (χ0) is 48.1. The topological polar surface area (TPSA) is 245 Å². The molecule has 0 bridgehead atoms. The van der Waals surface area contributed by atoms with E-state index in [0.717, 1.165) is 0 Å². The van der Waals surface area contributed by atoms with Crippen LogP contribution in [-0.4, -0.2) is 184 Å². The number of hydrogen-bond acceptors (Lipinski definition) is 15. The van der Waals surface area contributed by atoms with Crippen LogP contribution < -0.4 is 21.3 Å². The summed E-state index contributed by atoms with van der Waals surface area (Å²) in [7, 11) is 1.63. The lowest BCUT2D eigenvalue weighted by Crippen LogP contribution is -2.57. The van der Waals surface area contributed by atoms with Crippen molar-refractivity contribution >= 4 is 41.2 Å². The van der Waals surface area contributed by atoms with Gasteiger partial charge in [-0.25, -0.2) is 0 Å². The Bertz CT molecular complexity index is 1340. The number of ketones is 1. The monoisotopic (exact) mass is 932 g/mol. The average Bonchev–Trinajstić information content (AvgIpc) is 3.59. The summed E-state index contributed by atoms with van der Waals surface area (Å²) < 4.78 is 43.0. The lowest BCUT2D eigenvalue weighted by atomic mass is 9.99. The first-order chi connectivity index (χ1) is 31.3. The van der Waals surface area contributed by atoms with E-state index in [0.29, 0.717) is 138 Å². The molecular formula is C45H81N5O15. The molecule has 0 saturated carbocycles. The third kappa shape index (κ3) is 30.3. The Morgan fingerprint density at radius 2 is 1.03 bits per heavy atom. The fourth-order valence-corrected chi connectivity index (χ4v) is 6.32. The lowest BCUT2D eigenvalue weighted by Gasteiger charge is -2.27. The Balaban J connectivity index is 2.30. The minimum absolute atomic E-state index is 0.132. The molecule has 376 valence electrons. The molecule has 1 heterocycles. The van der Waals surface area contributed by atoms with E-state index < -0.39 is 29.9 Å². The molecule has 20 nitrogen and oxygen atoms in total. The first kappa shape index (κ1) is 59.4. The molecule has 4 N–H and O–H groups in total. The second-order valence-electron chi connectivity index (χ2n) is 16.3. The quantitative estimate of drug-likeness (QED) is 0.0500. The van der Waals surface area contributed by atoms with Gasteiger partial charge in [-0.1, -0.05) is 34.1 Å². The van der Waals surface area contributed by atoms with Gasteiger partial charge in [0.15, 0.2) is 5.78 Å². The summed E-state index contributed by atoms with van der Waals surface area (Å²) in [6.45, 7) is 16.0. The highest BCUT2D eigenvalue weighted by Crippen LogP contribution is 2.14. The summed E-state index contributed by atoms with van der Waals surface area (Å²) in [5.41, 5.74) is 0. The van der Waals surface area contributed by atoms with Crippen molar-refractivity contribution in [1.82, 2.24) is 26.2 Å². The van der Waals surface area contributed by atoms with Crippen molar-refractivity contribution in [3.63, 3.8) is 0 Å². The highest BCUT2D eigenvalue weighted by Gasteiger charge is 2.31. The molecule has 1 saturated heterocycles. The van der Waals surface area contributed by atoms with Gasteiger partial charge in [0.2, 0.25) is 35.4 Å². The Morgan fingerprint density at radius 3 is 1.51 bits per heavy atom. The number of ether oxygens (including phenoxy) is 8. The number of likely N-dealkylation sites (tertiary alicyclic amines) is 1. The van der Waals surface area contributed by atoms with E-state index in [1.807, 2.05) is 0 Å². The van der Waals surface area contributed by atoms with Crippen molar-refractivity contribution in [1.29, 1.82) is 0 Å². The molecule has 20 heteroatoms. The predicted molar refractivity (Wildman–Crippen MR) is 240 cm³/mol. The summed E-state index contributed by atoms with van der Waals surface area (Å²) in [4.78, 5) is 89.6. The number of unbranched alkanes of at least 4 members (excludes halogenated alkanes) is 3. The van der Waals surface area contributed by atoms with Crippen molar-refractivity contribution < 1.29 is 71.5 Å². The van der Waals surface area contributed by atoms with Crippen molar-refractivity contribution in [3.05, 3.63) is 0 Å². The minimum atomic E-state index is -0.950. The molecule has 3 atom stereocenters. The standard InChI is InChI=1S/C45H81N5O15/c1-34(2)42(45(57)47-36(5)43(55)35(3)4)49-44(56)37(48-39(52)13-8-7-11-18-50-40(53)14-15-41(50)54)12-9-10-17-46-38(51)16-19-59-22-23-61-26-27-63-30-31-65-33-32-64-29-28-62-25-24-60-21-20-58-6/h34-37,42H,7-33H2,1-6H3,(H,46,51)(H,47,57)(H,48,52)(H,49,56)/t36-,37-,42-/m0/s1. The van der Waals surface area contributed by atoms with Crippen molar-refractivity contribution in [2.45, 2.75) is 117 Å². The van der Waals surface area contributed by atoms with Gasteiger partial charge < -0.3 is 59.2 Å². The van der Waals surface area contributed by atoms with E-state index in [4.69, 9.17) is 37.9 Å².